The van der Waals surface area contributed by atoms with E-state index in [0.29, 0.717) is 17.5 Å². The molecule has 1 unspecified atom stereocenters. The largest absolute Gasteiger partial charge is 0.340 e. The van der Waals surface area contributed by atoms with E-state index in [-0.39, 0.29) is 5.91 Å². The number of aryl methyl sites for hydroxylation is 4. The molecule has 7 heteroatoms. The molecule has 0 radical (unpaired) electrons. The Morgan fingerprint density at radius 1 is 1.45 bits per heavy atom. The van der Waals surface area contributed by atoms with Crippen LogP contribution in [0.15, 0.2) is 10.6 Å². The summed E-state index contributed by atoms with van der Waals surface area (Å²) in [6, 6.07) is 1.84. The summed E-state index contributed by atoms with van der Waals surface area (Å²) >= 11 is 0. The van der Waals surface area contributed by atoms with Gasteiger partial charge < -0.3 is 9.42 Å². The lowest BCUT2D eigenvalue weighted by Crippen LogP contribution is -2.29. The number of rotatable bonds is 4. The van der Waals surface area contributed by atoms with Crippen molar-refractivity contribution in [2.24, 2.45) is 13.0 Å². The first-order valence-corrected chi connectivity index (χ1v) is 7.62. The molecular formula is C15H21N5O2. The third kappa shape index (κ3) is 3.03. The summed E-state index contributed by atoms with van der Waals surface area (Å²) in [7, 11) is 1.85. The van der Waals surface area contributed by atoms with Crippen LogP contribution >= 0.6 is 0 Å². The van der Waals surface area contributed by atoms with Crippen LogP contribution in [0.2, 0.25) is 0 Å². The molecular weight excluding hydrogens is 282 g/mol. The monoisotopic (exact) mass is 303 g/mol. The van der Waals surface area contributed by atoms with E-state index in [0.717, 1.165) is 43.9 Å². The minimum absolute atomic E-state index is 0.0293. The van der Waals surface area contributed by atoms with E-state index in [1.807, 2.05) is 24.9 Å². The zero-order chi connectivity index (χ0) is 15.7. The number of carbonyl (C=O) groups is 1. The van der Waals surface area contributed by atoms with Crippen LogP contribution < -0.4 is 0 Å². The Morgan fingerprint density at radius 2 is 2.27 bits per heavy atom. The highest BCUT2D eigenvalue weighted by Gasteiger charge is 2.28. The Kier molecular flexibility index (Phi) is 3.96. The topological polar surface area (TPSA) is 77.1 Å². The van der Waals surface area contributed by atoms with Crippen LogP contribution in [0.3, 0.4) is 0 Å². The Balaban J connectivity index is 1.54. The molecule has 0 saturated carbocycles. The molecule has 0 bridgehead atoms. The second-order valence-electron chi connectivity index (χ2n) is 5.97. The molecule has 22 heavy (non-hydrogen) atoms. The van der Waals surface area contributed by atoms with Crippen molar-refractivity contribution < 1.29 is 9.32 Å². The molecule has 118 valence electrons. The van der Waals surface area contributed by atoms with Crippen LogP contribution in [0.1, 0.15) is 40.7 Å². The number of amides is 1. The molecule has 2 aromatic rings. The smallest absolute Gasteiger partial charge is 0.274 e. The van der Waals surface area contributed by atoms with Crippen LogP contribution in [-0.4, -0.2) is 43.8 Å². The fourth-order valence-electron chi connectivity index (χ4n) is 2.86. The highest BCUT2D eigenvalue weighted by atomic mass is 16.5. The van der Waals surface area contributed by atoms with E-state index in [9.17, 15) is 4.79 Å². The zero-order valence-electron chi connectivity index (χ0n) is 13.2. The van der Waals surface area contributed by atoms with Gasteiger partial charge in [0.2, 0.25) is 5.89 Å². The SMILES string of the molecule is Cc1nc(CCC2CCN(C(=O)c3cc(C)n(C)n3)C2)no1. The van der Waals surface area contributed by atoms with Gasteiger partial charge in [0.1, 0.15) is 0 Å². The Morgan fingerprint density at radius 3 is 2.91 bits per heavy atom. The lowest BCUT2D eigenvalue weighted by Gasteiger charge is -2.14. The van der Waals surface area contributed by atoms with E-state index >= 15 is 0 Å². The molecule has 1 fully saturated rings. The average molecular weight is 303 g/mol. The predicted octanol–water partition coefficient (Wildman–Crippen LogP) is 1.51. The van der Waals surface area contributed by atoms with E-state index in [1.54, 1.807) is 11.6 Å². The van der Waals surface area contributed by atoms with Crippen molar-refractivity contribution in [2.75, 3.05) is 13.1 Å². The van der Waals surface area contributed by atoms with Gasteiger partial charge in [-0.1, -0.05) is 5.16 Å². The molecule has 2 aromatic heterocycles. The molecule has 1 aliphatic heterocycles. The number of nitrogens with zero attached hydrogens (tertiary/aromatic N) is 5. The van der Waals surface area contributed by atoms with Crippen LogP contribution in [-0.2, 0) is 13.5 Å². The quantitative estimate of drug-likeness (QED) is 0.855. The van der Waals surface area contributed by atoms with Gasteiger partial charge in [-0.25, -0.2) is 0 Å². The predicted molar refractivity (Wildman–Crippen MR) is 79.3 cm³/mol. The van der Waals surface area contributed by atoms with Crippen molar-refractivity contribution in [3.8, 4) is 0 Å². The summed E-state index contributed by atoms with van der Waals surface area (Å²) in [4.78, 5) is 18.6. The molecule has 0 spiro atoms. The highest BCUT2D eigenvalue weighted by molar-refractivity contribution is 5.92. The second kappa shape index (κ2) is 5.90. The molecule has 0 aromatic carbocycles. The number of hydrogen-bond donors (Lipinski definition) is 0. The summed E-state index contributed by atoms with van der Waals surface area (Å²) in [5.41, 5.74) is 1.53. The molecule has 0 N–H and O–H groups in total. The van der Waals surface area contributed by atoms with E-state index in [4.69, 9.17) is 4.52 Å². The summed E-state index contributed by atoms with van der Waals surface area (Å²) in [6.07, 6.45) is 2.80. The Hall–Kier alpha value is -2.18. The van der Waals surface area contributed by atoms with Crippen LogP contribution in [0, 0.1) is 19.8 Å². The van der Waals surface area contributed by atoms with Gasteiger partial charge in [0, 0.05) is 39.2 Å². The summed E-state index contributed by atoms with van der Waals surface area (Å²) in [6.45, 7) is 5.32. The maximum atomic E-state index is 12.4. The van der Waals surface area contributed by atoms with Gasteiger partial charge >= 0.3 is 0 Å². The Labute approximate surface area is 129 Å². The van der Waals surface area contributed by atoms with Crippen molar-refractivity contribution in [2.45, 2.75) is 33.1 Å². The molecule has 0 aliphatic carbocycles. The highest BCUT2D eigenvalue weighted by Crippen LogP contribution is 2.22. The van der Waals surface area contributed by atoms with Crippen molar-refractivity contribution in [3.63, 3.8) is 0 Å². The number of carbonyl (C=O) groups excluding carboxylic acids is 1. The van der Waals surface area contributed by atoms with Gasteiger partial charge in [-0.05, 0) is 31.7 Å². The minimum atomic E-state index is 0.0293. The van der Waals surface area contributed by atoms with Crippen molar-refractivity contribution in [1.29, 1.82) is 0 Å². The first kappa shape index (κ1) is 14.7. The summed E-state index contributed by atoms with van der Waals surface area (Å²) in [5.74, 6) is 1.88. The van der Waals surface area contributed by atoms with E-state index < -0.39 is 0 Å². The number of aromatic nitrogens is 4. The Bertz CT molecular complexity index is 656. The molecule has 7 nitrogen and oxygen atoms in total. The first-order valence-electron chi connectivity index (χ1n) is 7.62. The molecule has 3 heterocycles. The normalized spacial score (nSPS) is 18.1. The van der Waals surface area contributed by atoms with Crippen LogP contribution in [0.4, 0.5) is 0 Å². The summed E-state index contributed by atoms with van der Waals surface area (Å²) in [5, 5.41) is 8.18. The van der Waals surface area contributed by atoms with Crippen molar-refractivity contribution in [1.82, 2.24) is 24.8 Å². The second-order valence-corrected chi connectivity index (χ2v) is 5.97. The molecule has 3 rings (SSSR count). The van der Waals surface area contributed by atoms with E-state index in [2.05, 4.69) is 15.2 Å². The van der Waals surface area contributed by atoms with Gasteiger partial charge in [0.05, 0.1) is 0 Å². The fourth-order valence-corrected chi connectivity index (χ4v) is 2.86. The minimum Gasteiger partial charge on any atom is -0.340 e. The lowest BCUT2D eigenvalue weighted by atomic mass is 10.0. The maximum absolute atomic E-state index is 12.4. The van der Waals surface area contributed by atoms with Gasteiger partial charge in [0.15, 0.2) is 11.5 Å². The first-order chi connectivity index (χ1) is 10.5. The fraction of sp³-hybridized carbons (Fsp3) is 0.600. The zero-order valence-corrected chi connectivity index (χ0v) is 13.2. The van der Waals surface area contributed by atoms with Crippen LogP contribution in [0.25, 0.3) is 0 Å². The van der Waals surface area contributed by atoms with Crippen molar-refractivity contribution >= 4 is 5.91 Å². The lowest BCUT2D eigenvalue weighted by molar-refractivity contribution is 0.0780. The third-order valence-electron chi connectivity index (χ3n) is 4.25. The molecule has 1 aliphatic rings. The average Bonchev–Trinajstić information content (AvgIpc) is 3.18. The van der Waals surface area contributed by atoms with Gasteiger partial charge in [0.25, 0.3) is 5.91 Å². The number of likely N-dealkylation sites (tertiary alicyclic amines) is 1. The van der Waals surface area contributed by atoms with Crippen molar-refractivity contribution in [3.05, 3.63) is 29.2 Å². The molecule has 1 saturated heterocycles. The van der Waals surface area contributed by atoms with Crippen LogP contribution in [0.5, 0.6) is 0 Å². The standard InChI is InChI=1S/C15H21N5O2/c1-10-8-13(17-19(10)3)15(21)20-7-6-12(9-20)4-5-14-16-11(2)22-18-14/h8,12H,4-7,9H2,1-3H3. The van der Waals surface area contributed by atoms with Gasteiger partial charge in [-0.15, -0.1) is 0 Å². The number of hydrogen-bond acceptors (Lipinski definition) is 5. The molecule has 1 amide bonds. The summed E-state index contributed by atoms with van der Waals surface area (Å²) < 4.78 is 6.71. The maximum Gasteiger partial charge on any atom is 0.274 e. The van der Waals surface area contributed by atoms with Gasteiger partial charge in [-0.3, -0.25) is 9.48 Å². The molecule has 1 atom stereocenters. The van der Waals surface area contributed by atoms with Gasteiger partial charge in [-0.2, -0.15) is 10.1 Å². The van der Waals surface area contributed by atoms with E-state index in [1.165, 1.54) is 0 Å². The third-order valence-corrected chi connectivity index (χ3v) is 4.25.